The molecule has 3 fully saturated rings. The number of methoxy groups -OCH3 is 1. The number of nitrogens with zero attached hydrogens (tertiary/aromatic N) is 2. The molecule has 4 unspecified atom stereocenters. The van der Waals surface area contributed by atoms with Crippen LogP contribution in [0.25, 0.3) is 0 Å². The predicted octanol–water partition coefficient (Wildman–Crippen LogP) is 1.05. The Balaban J connectivity index is 1.52. The smallest absolute Gasteiger partial charge is 0.242 e. The SMILES string of the molecule is COCCNC(=O)C1CCC2C(C1)N(Cc1ccc(F)cc1)C(=O)C1CCNN12. The maximum Gasteiger partial charge on any atom is 0.242 e. The summed E-state index contributed by atoms with van der Waals surface area (Å²) in [5.41, 5.74) is 4.29. The minimum absolute atomic E-state index is 0.0335. The fourth-order valence-electron chi connectivity index (χ4n) is 4.96. The zero-order valence-electron chi connectivity index (χ0n) is 16.8. The highest BCUT2D eigenvalue weighted by Gasteiger charge is 2.51. The fraction of sp³-hybridized carbons (Fsp3) is 0.619. The van der Waals surface area contributed by atoms with Crippen molar-refractivity contribution in [3.05, 3.63) is 35.6 Å². The van der Waals surface area contributed by atoms with Gasteiger partial charge in [-0.05, 0) is 43.4 Å². The van der Waals surface area contributed by atoms with Gasteiger partial charge in [-0.2, -0.15) is 0 Å². The first kappa shape index (κ1) is 20.3. The molecule has 2 heterocycles. The number of benzene rings is 1. The number of ether oxygens (including phenoxy) is 1. The summed E-state index contributed by atoms with van der Waals surface area (Å²) in [4.78, 5) is 27.8. The van der Waals surface area contributed by atoms with E-state index in [2.05, 4.69) is 15.8 Å². The topological polar surface area (TPSA) is 73.9 Å². The molecule has 4 rings (SSSR count). The second-order valence-electron chi connectivity index (χ2n) is 8.14. The number of amides is 2. The van der Waals surface area contributed by atoms with Crippen molar-refractivity contribution in [2.75, 3.05) is 26.8 Å². The summed E-state index contributed by atoms with van der Waals surface area (Å²) in [6.45, 7) is 2.22. The fourth-order valence-corrected chi connectivity index (χ4v) is 4.96. The van der Waals surface area contributed by atoms with E-state index < -0.39 is 0 Å². The van der Waals surface area contributed by atoms with Gasteiger partial charge in [-0.25, -0.2) is 9.40 Å². The molecular weight excluding hydrogens is 375 g/mol. The summed E-state index contributed by atoms with van der Waals surface area (Å²) in [6.07, 6.45) is 3.11. The molecule has 8 heteroatoms. The summed E-state index contributed by atoms with van der Waals surface area (Å²) in [7, 11) is 1.61. The Labute approximate surface area is 170 Å². The van der Waals surface area contributed by atoms with Crippen LogP contribution in [0.1, 0.15) is 31.2 Å². The van der Waals surface area contributed by atoms with Crippen molar-refractivity contribution < 1.29 is 18.7 Å². The number of hydrazine groups is 1. The van der Waals surface area contributed by atoms with Crippen LogP contribution in [0.4, 0.5) is 4.39 Å². The van der Waals surface area contributed by atoms with Gasteiger partial charge in [-0.15, -0.1) is 0 Å². The monoisotopic (exact) mass is 404 g/mol. The van der Waals surface area contributed by atoms with Crippen LogP contribution in [0.2, 0.25) is 0 Å². The summed E-state index contributed by atoms with van der Waals surface area (Å²) in [5.74, 6) is -0.267. The van der Waals surface area contributed by atoms with Crippen LogP contribution in [-0.4, -0.2) is 66.7 Å². The zero-order valence-corrected chi connectivity index (χ0v) is 16.8. The number of carbonyl (C=O) groups excluding carboxylic acids is 2. The first-order valence-corrected chi connectivity index (χ1v) is 10.4. The average Bonchev–Trinajstić information content (AvgIpc) is 3.22. The Hall–Kier alpha value is -2.03. The van der Waals surface area contributed by atoms with Crippen molar-refractivity contribution in [2.24, 2.45) is 5.92 Å². The summed E-state index contributed by atoms with van der Waals surface area (Å²) >= 11 is 0. The molecule has 7 nitrogen and oxygen atoms in total. The van der Waals surface area contributed by atoms with E-state index in [0.29, 0.717) is 26.1 Å². The molecule has 29 heavy (non-hydrogen) atoms. The van der Waals surface area contributed by atoms with Crippen molar-refractivity contribution in [3.8, 4) is 0 Å². The normalized spacial score (nSPS) is 29.4. The van der Waals surface area contributed by atoms with Gasteiger partial charge >= 0.3 is 0 Å². The second-order valence-corrected chi connectivity index (χ2v) is 8.14. The third kappa shape index (κ3) is 4.15. The highest BCUT2D eigenvalue weighted by atomic mass is 19.1. The lowest BCUT2D eigenvalue weighted by Gasteiger charge is -2.51. The Morgan fingerprint density at radius 2 is 2.03 bits per heavy atom. The quantitative estimate of drug-likeness (QED) is 0.694. The molecule has 1 aliphatic carbocycles. The molecular formula is C21H29FN4O3. The molecule has 1 aromatic rings. The average molecular weight is 404 g/mol. The maximum atomic E-state index is 13.3. The third-order valence-electron chi connectivity index (χ3n) is 6.40. The van der Waals surface area contributed by atoms with Gasteiger partial charge in [0.1, 0.15) is 11.9 Å². The molecule has 3 aliphatic rings. The number of piperazine rings is 1. The van der Waals surface area contributed by atoms with Gasteiger partial charge in [-0.1, -0.05) is 12.1 Å². The first-order valence-electron chi connectivity index (χ1n) is 10.4. The molecule has 2 aliphatic heterocycles. The standard InChI is InChI=1S/C21H29FN4O3/c1-29-11-10-23-20(27)15-4-7-17-19(12-15)25(13-14-2-5-16(22)6-3-14)21(28)18-8-9-24-26(17)18/h2-3,5-6,15,17-19,24H,4,7-13H2,1H3,(H,23,27). The van der Waals surface area contributed by atoms with Crippen LogP contribution in [0.15, 0.2) is 24.3 Å². The molecule has 0 spiro atoms. The second kappa shape index (κ2) is 8.77. The molecule has 4 atom stereocenters. The highest BCUT2D eigenvalue weighted by molar-refractivity contribution is 5.84. The number of rotatable bonds is 6. The molecule has 0 bridgehead atoms. The highest BCUT2D eigenvalue weighted by Crippen LogP contribution is 2.38. The van der Waals surface area contributed by atoms with Crippen LogP contribution in [0.5, 0.6) is 0 Å². The molecule has 0 radical (unpaired) electrons. The lowest BCUT2D eigenvalue weighted by atomic mass is 9.78. The zero-order chi connectivity index (χ0) is 20.4. The van der Waals surface area contributed by atoms with E-state index in [1.165, 1.54) is 12.1 Å². The predicted molar refractivity (Wildman–Crippen MR) is 105 cm³/mol. The van der Waals surface area contributed by atoms with Gasteiger partial charge in [0.15, 0.2) is 0 Å². The minimum Gasteiger partial charge on any atom is -0.383 e. The van der Waals surface area contributed by atoms with Crippen molar-refractivity contribution in [1.29, 1.82) is 0 Å². The van der Waals surface area contributed by atoms with Gasteiger partial charge in [0.25, 0.3) is 0 Å². The van der Waals surface area contributed by atoms with Crippen LogP contribution in [0, 0.1) is 11.7 Å². The lowest BCUT2D eigenvalue weighted by Crippen LogP contribution is -2.68. The number of hydrogen-bond acceptors (Lipinski definition) is 5. The van der Waals surface area contributed by atoms with E-state index in [1.807, 2.05) is 4.90 Å². The summed E-state index contributed by atoms with van der Waals surface area (Å²) in [5, 5.41) is 5.07. The summed E-state index contributed by atoms with van der Waals surface area (Å²) in [6, 6.07) is 6.33. The van der Waals surface area contributed by atoms with Crippen molar-refractivity contribution in [2.45, 2.75) is 50.4 Å². The molecule has 158 valence electrons. The van der Waals surface area contributed by atoms with Crippen LogP contribution in [0.3, 0.4) is 0 Å². The Morgan fingerprint density at radius 1 is 1.24 bits per heavy atom. The van der Waals surface area contributed by atoms with Crippen molar-refractivity contribution in [3.63, 3.8) is 0 Å². The van der Waals surface area contributed by atoms with Crippen LogP contribution < -0.4 is 10.7 Å². The van der Waals surface area contributed by atoms with E-state index in [4.69, 9.17) is 4.74 Å². The van der Waals surface area contributed by atoms with Crippen LogP contribution >= 0.6 is 0 Å². The minimum atomic E-state index is -0.284. The number of halogens is 1. The van der Waals surface area contributed by atoms with E-state index in [1.54, 1.807) is 19.2 Å². The van der Waals surface area contributed by atoms with E-state index >= 15 is 0 Å². The van der Waals surface area contributed by atoms with E-state index in [0.717, 1.165) is 31.4 Å². The third-order valence-corrected chi connectivity index (χ3v) is 6.40. The molecule has 2 amide bonds. The van der Waals surface area contributed by atoms with Gasteiger partial charge in [0.2, 0.25) is 11.8 Å². The van der Waals surface area contributed by atoms with Gasteiger partial charge < -0.3 is 15.0 Å². The number of fused-ring (bicyclic) bond motifs is 3. The lowest BCUT2D eigenvalue weighted by molar-refractivity contribution is -0.157. The van der Waals surface area contributed by atoms with E-state index in [9.17, 15) is 14.0 Å². The number of nitrogens with one attached hydrogen (secondary N) is 2. The Morgan fingerprint density at radius 3 is 2.79 bits per heavy atom. The van der Waals surface area contributed by atoms with Crippen molar-refractivity contribution in [1.82, 2.24) is 20.7 Å². The maximum absolute atomic E-state index is 13.3. The van der Waals surface area contributed by atoms with Crippen molar-refractivity contribution >= 4 is 11.8 Å². The largest absolute Gasteiger partial charge is 0.383 e. The number of carbonyl (C=O) groups is 2. The molecule has 1 aromatic carbocycles. The Bertz CT molecular complexity index is 744. The summed E-state index contributed by atoms with van der Waals surface area (Å²) < 4.78 is 18.3. The number of hydrogen-bond donors (Lipinski definition) is 2. The Kier molecular flexibility index (Phi) is 6.12. The molecule has 2 N–H and O–H groups in total. The first-order chi connectivity index (χ1) is 14.1. The molecule has 0 aromatic heterocycles. The van der Waals surface area contributed by atoms with E-state index in [-0.39, 0.29) is 41.7 Å². The molecule has 2 saturated heterocycles. The van der Waals surface area contributed by atoms with Gasteiger partial charge in [0.05, 0.1) is 6.61 Å². The van der Waals surface area contributed by atoms with Gasteiger partial charge in [0, 0.05) is 44.7 Å². The molecule has 1 saturated carbocycles. The van der Waals surface area contributed by atoms with Gasteiger partial charge in [-0.3, -0.25) is 15.0 Å². The van der Waals surface area contributed by atoms with Crippen LogP contribution in [-0.2, 0) is 20.9 Å².